The first-order chi connectivity index (χ1) is 13.6. The molecule has 0 aliphatic carbocycles. The Kier molecular flexibility index (Phi) is 6.58. The van der Waals surface area contributed by atoms with Gasteiger partial charge in [-0.3, -0.25) is 9.59 Å². The zero-order chi connectivity index (χ0) is 19.8. The molecule has 0 aliphatic heterocycles. The summed E-state index contributed by atoms with van der Waals surface area (Å²) in [5.41, 5.74) is 2.81. The van der Waals surface area contributed by atoms with Crippen LogP contribution < -0.4 is 10.6 Å². The average molecular weight is 372 g/mol. The van der Waals surface area contributed by atoms with E-state index in [1.165, 1.54) is 0 Å². The van der Waals surface area contributed by atoms with Crippen LogP contribution in [0.15, 0.2) is 91.0 Å². The van der Waals surface area contributed by atoms with E-state index in [1.54, 1.807) is 0 Å². The van der Waals surface area contributed by atoms with Crippen LogP contribution in [0.5, 0.6) is 0 Å². The number of rotatable bonds is 7. The molecule has 3 aromatic carbocycles. The van der Waals surface area contributed by atoms with Crippen molar-refractivity contribution < 1.29 is 9.59 Å². The third-order valence-electron chi connectivity index (χ3n) is 4.63. The van der Waals surface area contributed by atoms with E-state index in [2.05, 4.69) is 10.6 Å². The summed E-state index contributed by atoms with van der Waals surface area (Å²) in [4.78, 5) is 25.2. The summed E-state index contributed by atoms with van der Waals surface area (Å²) >= 11 is 0. The average Bonchev–Trinajstić information content (AvgIpc) is 2.74. The Bertz CT molecular complexity index is 856. The van der Waals surface area contributed by atoms with Gasteiger partial charge in [0, 0.05) is 0 Å². The van der Waals surface area contributed by atoms with Crippen molar-refractivity contribution in [1.82, 2.24) is 10.6 Å². The second-order valence-electron chi connectivity index (χ2n) is 6.67. The van der Waals surface area contributed by atoms with Gasteiger partial charge >= 0.3 is 0 Å². The molecule has 4 heteroatoms. The van der Waals surface area contributed by atoms with Gasteiger partial charge in [0.2, 0.25) is 11.8 Å². The standard InChI is InChI=1S/C24H24N2O2/c1-18(19-11-5-2-6-12-19)26-22(27)17-25-24(28)23(20-13-7-3-8-14-20)21-15-9-4-10-16-21/h2-16,18,23H,17H2,1H3,(H,25,28)(H,26,27). The fraction of sp³-hybridized carbons (Fsp3) is 0.167. The van der Waals surface area contributed by atoms with Crippen molar-refractivity contribution >= 4 is 11.8 Å². The smallest absolute Gasteiger partial charge is 0.239 e. The molecule has 1 unspecified atom stereocenters. The SMILES string of the molecule is CC(NC(=O)CNC(=O)C(c1ccccc1)c1ccccc1)c1ccccc1. The van der Waals surface area contributed by atoms with Gasteiger partial charge in [0.25, 0.3) is 0 Å². The summed E-state index contributed by atoms with van der Waals surface area (Å²) in [5.74, 6) is -0.869. The number of benzene rings is 3. The maximum absolute atomic E-state index is 12.9. The van der Waals surface area contributed by atoms with Crippen molar-refractivity contribution in [3.05, 3.63) is 108 Å². The third-order valence-corrected chi connectivity index (χ3v) is 4.63. The topological polar surface area (TPSA) is 58.2 Å². The maximum atomic E-state index is 12.9. The minimum absolute atomic E-state index is 0.0633. The molecule has 0 radical (unpaired) electrons. The molecule has 28 heavy (non-hydrogen) atoms. The molecule has 0 spiro atoms. The lowest BCUT2D eigenvalue weighted by molar-refractivity contribution is -0.126. The molecule has 0 saturated heterocycles. The van der Waals surface area contributed by atoms with Crippen LogP contribution in [-0.4, -0.2) is 18.4 Å². The molecular formula is C24H24N2O2. The van der Waals surface area contributed by atoms with E-state index in [0.717, 1.165) is 16.7 Å². The minimum Gasteiger partial charge on any atom is -0.348 e. The van der Waals surface area contributed by atoms with Crippen LogP contribution in [0, 0.1) is 0 Å². The van der Waals surface area contributed by atoms with Crippen LogP contribution in [0.3, 0.4) is 0 Å². The van der Waals surface area contributed by atoms with Gasteiger partial charge in [-0.05, 0) is 23.6 Å². The molecular weight excluding hydrogens is 348 g/mol. The molecule has 3 aromatic rings. The van der Waals surface area contributed by atoms with E-state index in [4.69, 9.17) is 0 Å². The zero-order valence-corrected chi connectivity index (χ0v) is 15.8. The van der Waals surface area contributed by atoms with Crippen molar-refractivity contribution in [3.8, 4) is 0 Å². The molecule has 0 heterocycles. The van der Waals surface area contributed by atoms with Gasteiger partial charge in [-0.25, -0.2) is 0 Å². The second-order valence-corrected chi connectivity index (χ2v) is 6.67. The van der Waals surface area contributed by atoms with E-state index >= 15 is 0 Å². The lowest BCUT2D eigenvalue weighted by atomic mass is 9.90. The number of carbonyl (C=O) groups is 2. The molecule has 0 fully saturated rings. The first-order valence-electron chi connectivity index (χ1n) is 9.37. The second kappa shape index (κ2) is 9.51. The van der Waals surface area contributed by atoms with E-state index in [9.17, 15) is 9.59 Å². The van der Waals surface area contributed by atoms with Crippen LogP contribution in [0.1, 0.15) is 35.6 Å². The Hall–Kier alpha value is -3.40. The van der Waals surface area contributed by atoms with Crippen LogP contribution in [0.2, 0.25) is 0 Å². The Balaban J connectivity index is 1.65. The number of amides is 2. The predicted molar refractivity (Wildman–Crippen MR) is 111 cm³/mol. The van der Waals surface area contributed by atoms with Crippen LogP contribution in [-0.2, 0) is 9.59 Å². The van der Waals surface area contributed by atoms with Gasteiger partial charge in [-0.15, -0.1) is 0 Å². The molecule has 142 valence electrons. The molecule has 1 atom stereocenters. The summed E-state index contributed by atoms with van der Waals surface area (Å²) in [6.45, 7) is 1.86. The van der Waals surface area contributed by atoms with Crippen molar-refractivity contribution in [2.45, 2.75) is 18.9 Å². The first kappa shape index (κ1) is 19.4. The molecule has 0 bridgehead atoms. The Morgan fingerprint density at radius 2 is 1.14 bits per heavy atom. The van der Waals surface area contributed by atoms with Gasteiger partial charge in [-0.2, -0.15) is 0 Å². The minimum atomic E-state index is -0.457. The largest absolute Gasteiger partial charge is 0.348 e. The third kappa shape index (κ3) is 5.07. The molecule has 0 aromatic heterocycles. The fourth-order valence-corrected chi connectivity index (χ4v) is 3.17. The number of nitrogens with one attached hydrogen (secondary N) is 2. The quantitative estimate of drug-likeness (QED) is 0.663. The van der Waals surface area contributed by atoms with Crippen LogP contribution in [0.25, 0.3) is 0 Å². The molecule has 3 rings (SSSR count). The van der Waals surface area contributed by atoms with Crippen LogP contribution in [0.4, 0.5) is 0 Å². The van der Waals surface area contributed by atoms with E-state index < -0.39 is 5.92 Å². The number of hydrogen-bond donors (Lipinski definition) is 2. The van der Waals surface area contributed by atoms with Gasteiger partial charge < -0.3 is 10.6 Å². The lowest BCUT2D eigenvalue weighted by Crippen LogP contribution is -2.40. The summed E-state index contributed by atoms with van der Waals surface area (Å²) in [6.07, 6.45) is 0. The van der Waals surface area contributed by atoms with Crippen LogP contribution >= 0.6 is 0 Å². The van der Waals surface area contributed by atoms with Gasteiger partial charge in [0.1, 0.15) is 0 Å². The Labute approximate surface area is 165 Å². The maximum Gasteiger partial charge on any atom is 0.239 e. The molecule has 2 N–H and O–H groups in total. The highest BCUT2D eigenvalue weighted by atomic mass is 16.2. The number of hydrogen-bond acceptors (Lipinski definition) is 2. The fourth-order valence-electron chi connectivity index (χ4n) is 3.17. The zero-order valence-electron chi connectivity index (χ0n) is 15.8. The van der Waals surface area contributed by atoms with Crippen molar-refractivity contribution in [1.29, 1.82) is 0 Å². The number of carbonyl (C=O) groups excluding carboxylic acids is 2. The first-order valence-corrected chi connectivity index (χ1v) is 9.37. The van der Waals surface area contributed by atoms with Crippen molar-refractivity contribution in [2.24, 2.45) is 0 Å². The highest BCUT2D eigenvalue weighted by Crippen LogP contribution is 2.24. The normalized spacial score (nSPS) is 11.6. The lowest BCUT2D eigenvalue weighted by Gasteiger charge is -2.19. The van der Waals surface area contributed by atoms with E-state index in [1.807, 2.05) is 97.9 Å². The summed E-state index contributed by atoms with van der Waals surface area (Å²) in [5, 5.41) is 5.70. The van der Waals surface area contributed by atoms with Gasteiger partial charge in [0.15, 0.2) is 0 Å². The van der Waals surface area contributed by atoms with Gasteiger partial charge in [0.05, 0.1) is 18.5 Å². The predicted octanol–water partition coefficient (Wildman–Crippen LogP) is 3.81. The molecule has 0 saturated carbocycles. The van der Waals surface area contributed by atoms with E-state index in [-0.39, 0.29) is 24.4 Å². The van der Waals surface area contributed by atoms with E-state index in [0.29, 0.717) is 0 Å². The molecule has 0 aliphatic rings. The highest BCUT2D eigenvalue weighted by molar-refractivity contribution is 5.90. The van der Waals surface area contributed by atoms with Crippen molar-refractivity contribution in [2.75, 3.05) is 6.54 Å². The molecule has 2 amide bonds. The van der Waals surface area contributed by atoms with Gasteiger partial charge in [-0.1, -0.05) is 91.0 Å². The Morgan fingerprint density at radius 3 is 1.61 bits per heavy atom. The molecule has 4 nitrogen and oxygen atoms in total. The summed E-state index contributed by atoms with van der Waals surface area (Å²) < 4.78 is 0. The monoisotopic (exact) mass is 372 g/mol. The van der Waals surface area contributed by atoms with Crippen molar-refractivity contribution in [3.63, 3.8) is 0 Å². The Morgan fingerprint density at radius 1 is 0.714 bits per heavy atom. The summed E-state index contributed by atoms with van der Waals surface area (Å²) in [6, 6.07) is 28.8. The highest BCUT2D eigenvalue weighted by Gasteiger charge is 2.23. The summed E-state index contributed by atoms with van der Waals surface area (Å²) in [7, 11) is 0.